The third-order valence-corrected chi connectivity index (χ3v) is 7.75. The number of anilines is 1. The summed E-state index contributed by atoms with van der Waals surface area (Å²) in [6.07, 6.45) is 0. The number of hydrogen-bond donors (Lipinski definition) is 2. The fraction of sp³-hybridized carbons (Fsp3) is 0.148. The highest BCUT2D eigenvalue weighted by Crippen LogP contribution is 2.34. The van der Waals surface area contributed by atoms with Gasteiger partial charge in [0.05, 0.1) is 16.1 Å². The van der Waals surface area contributed by atoms with Gasteiger partial charge in [0.2, 0.25) is 0 Å². The molecule has 0 spiro atoms. The third kappa shape index (κ3) is 4.22. The summed E-state index contributed by atoms with van der Waals surface area (Å²) in [6, 6.07) is 19.8. The van der Waals surface area contributed by atoms with Crippen molar-refractivity contribution in [3.63, 3.8) is 0 Å². The first-order valence-corrected chi connectivity index (χ1v) is 12.0. The minimum Gasteiger partial charge on any atom is -0.478 e. The molecule has 0 aliphatic carbocycles. The van der Waals surface area contributed by atoms with Gasteiger partial charge in [0.15, 0.2) is 0 Å². The molecule has 0 bridgehead atoms. The second kappa shape index (κ2) is 8.37. The Hall–Kier alpha value is -3.64. The first kappa shape index (κ1) is 22.6. The predicted octanol–water partition coefficient (Wildman–Crippen LogP) is 6.24. The quantitative estimate of drug-likeness (QED) is 0.370. The zero-order valence-electron chi connectivity index (χ0n) is 18.9. The van der Waals surface area contributed by atoms with E-state index in [0.717, 1.165) is 38.6 Å². The average molecular weight is 460 g/mol. The normalized spacial score (nSPS) is 11.5. The Bertz CT molecular complexity index is 1490. The van der Waals surface area contributed by atoms with E-state index in [0.29, 0.717) is 16.1 Å². The van der Waals surface area contributed by atoms with Gasteiger partial charge < -0.3 is 5.11 Å². The van der Waals surface area contributed by atoms with Crippen LogP contribution in [0.25, 0.3) is 21.9 Å². The van der Waals surface area contributed by atoms with E-state index in [1.807, 2.05) is 70.2 Å². The van der Waals surface area contributed by atoms with Gasteiger partial charge in [-0.15, -0.1) is 0 Å². The van der Waals surface area contributed by atoms with Crippen molar-refractivity contribution in [3.8, 4) is 11.1 Å². The second-order valence-corrected chi connectivity index (χ2v) is 9.95. The van der Waals surface area contributed by atoms with Crippen molar-refractivity contribution < 1.29 is 18.3 Å². The molecule has 0 amide bonds. The molecule has 0 saturated carbocycles. The highest BCUT2D eigenvalue weighted by molar-refractivity contribution is 7.92. The van der Waals surface area contributed by atoms with Crippen molar-refractivity contribution in [2.45, 2.75) is 32.6 Å². The molecule has 0 atom stereocenters. The molecular formula is C27H25NO4S. The molecule has 0 radical (unpaired) electrons. The standard InChI is InChI=1S/C27H25NO4S/c1-16-12-17(2)19(4)26(18(16)3)33(31,32)28-25-15-23(14-21-8-5-6-11-24(21)25)20-9-7-10-22(13-20)27(29)30/h5-15,28H,1-4H3,(H,29,30). The zero-order chi connectivity index (χ0) is 23.9. The summed E-state index contributed by atoms with van der Waals surface area (Å²) in [6.45, 7) is 7.46. The van der Waals surface area contributed by atoms with Gasteiger partial charge in [0.1, 0.15) is 0 Å². The zero-order valence-corrected chi connectivity index (χ0v) is 19.7. The number of nitrogens with one attached hydrogen (secondary N) is 1. The fourth-order valence-corrected chi connectivity index (χ4v) is 5.86. The van der Waals surface area contributed by atoms with E-state index in [2.05, 4.69) is 4.72 Å². The molecule has 0 fully saturated rings. The molecule has 0 saturated heterocycles. The van der Waals surface area contributed by atoms with Gasteiger partial charge >= 0.3 is 5.97 Å². The fourth-order valence-electron chi connectivity index (χ4n) is 4.17. The lowest BCUT2D eigenvalue weighted by atomic mass is 9.98. The van der Waals surface area contributed by atoms with Crippen LogP contribution in [-0.4, -0.2) is 19.5 Å². The Kier molecular flexibility index (Phi) is 5.72. The molecule has 0 heterocycles. The molecule has 0 unspecified atom stereocenters. The predicted molar refractivity (Wildman–Crippen MR) is 133 cm³/mol. The van der Waals surface area contributed by atoms with Crippen LogP contribution in [0.15, 0.2) is 71.6 Å². The van der Waals surface area contributed by atoms with Crippen LogP contribution < -0.4 is 4.72 Å². The largest absolute Gasteiger partial charge is 0.478 e. The Labute approximate surface area is 193 Å². The molecule has 0 aliphatic rings. The molecule has 168 valence electrons. The first-order chi connectivity index (χ1) is 15.6. The number of aryl methyl sites for hydroxylation is 2. The number of rotatable bonds is 5. The van der Waals surface area contributed by atoms with E-state index in [4.69, 9.17) is 0 Å². The molecule has 4 aromatic carbocycles. The molecule has 5 nitrogen and oxygen atoms in total. The van der Waals surface area contributed by atoms with Gasteiger partial charge in [-0.05, 0) is 90.7 Å². The van der Waals surface area contributed by atoms with Gasteiger partial charge in [0.25, 0.3) is 10.0 Å². The van der Waals surface area contributed by atoms with Crippen LogP contribution in [0, 0.1) is 27.7 Å². The van der Waals surface area contributed by atoms with E-state index < -0.39 is 16.0 Å². The van der Waals surface area contributed by atoms with Crippen LogP contribution >= 0.6 is 0 Å². The lowest BCUT2D eigenvalue weighted by Gasteiger charge is -2.18. The molecule has 0 aromatic heterocycles. The number of carboxylic acids is 1. The van der Waals surface area contributed by atoms with Crippen LogP contribution in [0.4, 0.5) is 5.69 Å². The van der Waals surface area contributed by atoms with Gasteiger partial charge in [-0.2, -0.15) is 0 Å². The van der Waals surface area contributed by atoms with Gasteiger partial charge in [0, 0.05) is 5.39 Å². The van der Waals surface area contributed by atoms with Crippen LogP contribution in [0.1, 0.15) is 32.6 Å². The minimum absolute atomic E-state index is 0.171. The highest BCUT2D eigenvalue weighted by Gasteiger charge is 2.23. The summed E-state index contributed by atoms with van der Waals surface area (Å²) in [7, 11) is -3.88. The number of carboxylic acid groups (broad SMARTS) is 1. The number of benzene rings is 4. The van der Waals surface area contributed by atoms with E-state index in [9.17, 15) is 18.3 Å². The first-order valence-electron chi connectivity index (χ1n) is 10.6. The Morgan fingerprint density at radius 1 is 0.788 bits per heavy atom. The van der Waals surface area contributed by atoms with Crippen LogP contribution in [0.2, 0.25) is 0 Å². The van der Waals surface area contributed by atoms with E-state index >= 15 is 0 Å². The van der Waals surface area contributed by atoms with Gasteiger partial charge in [-0.3, -0.25) is 4.72 Å². The summed E-state index contributed by atoms with van der Waals surface area (Å²) in [5.74, 6) is -1.01. The third-order valence-electron chi connectivity index (χ3n) is 6.11. The lowest BCUT2D eigenvalue weighted by Crippen LogP contribution is -2.17. The van der Waals surface area contributed by atoms with Crippen molar-refractivity contribution in [3.05, 3.63) is 94.5 Å². The molecular weight excluding hydrogens is 434 g/mol. The monoisotopic (exact) mass is 459 g/mol. The summed E-state index contributed by atoms with van der Waals surface area (Å²) < 4.78 is 30.0. The van der Waals surface area contributed by atoms with Gasteiger partial charge in [-0.25, -0.2) is 13.2 Å². The maximum absolute atomic E-state index is 13.6. The smallest absolute Gasteiger partial charge is 0.335 e. The van der Waals surface area contributed by atoms with Crippen molar-refractivity contribution in [1.82, 2.24) is 0 Å². The molecule has 2 N–H and O–H groups in total. The summed E-state index contributed by atoms with van der Waals surface area (Å²) >= 11 is 0. The van der Waals surface area contributed by atoms with Crippen LogP contribution in [0.3, 0.4) is 0 Å². The molecule has 4 aromatic rings. The SMILES string of the molecule is Cc1cc(C)c(C)c(S(=O)(=O)Nc2cc(-c3cccc(C(=O)O)c3)cc3ccccc23)c1C. The van der Waals surface area contributed by atoms with Crippen LogP contribution in [0.5, 0.6) is 0 Å². The number of hydrogen-bond acceptors (Lipinski definition) is 3. The maximum Gasteiger partial charge on any atom is 0.335 e. The van der Waals surface area contributed by atoms with E-state index in [1.165, 1.54) is 6.07 Å². The van der Waals surface area contributed by atoms with Crippen LogP contribution in [-0.2, 0) is 10.0 Å². The second-order valence-electron chi connectivity index (χ2n) is 8.33. The summed E-state index contributed by atoms with van der Waals surface area (Å²) in [4.78, 5) is 11.7. The topological polar surface area (TPSA) is 83.5 Å². The Morgan fingerprint density at radius 2 is 1.45 bits per heavy atom. The summed E-state index contributed by atoms with van der Waals surface area (Å²) in [5, 5.41) is 11.0. The lowest BCUT2D eigenvalue weighted by molar-refractivity contribution is 0.0697. The summed E-state index contributed by atoms with van der Waals surface area (Å²) in [5.41, 5.74) is 5.32. The van der Waals surface area contributed by atoms with E-state index in [1.54, 1.807) is 18.2 Å². The number of carbonyl (C=O) groups is 1. The van der Waals surface area contributed by atoms with Crippen molar-refractivity contribution in [2.75, 3.05) is 4.72 Å². The molecule has 6 heteroatoms. The molecule has 4 rings (SSSR count). The average Bonchev–Trinajstić information content (AvgIpc) is 2.77. The highest BCUT2D eigenvalue weighted by atomic mass is 32.2. The minimum atomic E-state index is -3.88. The maximum atomic E-state index is 13.6. The van der Waals surface area contributed by atoms with Gasteiger partial charge in [-0.1, -0.05) is 42.5 Å². The van der Waals surface area contributed by atoms with Crippen molar-refractivity contribution in [2.24, 2.45) is 0 Å². The Morgan fingerprint density at radius 3 is 2.12 bits per heavy atom. The van der Waals surface area contributed by atoms with Crippen molar-refractivity contribution >= 4 is 32.5 Å². The molecule has 33 heavy (non-hydrogen) atoms. The molecule has 0 aliphatic heterocycles. The Balaban J connectivity index is 1.90. The number of sulfonamides is 1. The number of aromatic carboxylic acids is 1. The van der Waals surface area contributed by atoms with Crippen molar-refractivity contribution in [1.29, 1.82) is 0 Å². The van der Waals surface area contributed by atoms with E-state index in [-0.39, 0.29) is 5.56 Å². The number of fused-ring (bicyclic) bond motifs is 1.